The predicted molar refractivity (Wildman–Crippen MR) is 137 cm³/mol. The van der Waals surface area contributed by atoms with E-state index in [2.05, 4.69) is 58.5 Å². The zero-order valence-electron chi connectivity index (χ0n) is 17.6. The highest BCUT2D eigenvalue weighted by Gasteiger charge is 1.96. The fraction of sp³-hybridized carbons (Fsp3) is 0.0345. The minimum absolute atomic E-state index is 0.585. The van der Waals surface area contributed by atoms with Crippen LogP contribution in [0.4, 0.5) is 0 Å². The molecule has 0 unspecified atom stereocenters. The van der Waals surface area contributed by atoms with Gasteiger partial charge in [0.25, 0.3) is 0 Å². The van der Waals surface area contributed by atoms with Crippen LogP contribution in [-0.2, 0) is 5.88 Å². The zero-order chi connectivity index (χ0) is 22.0. The van der Waals surface area contributed by atoms with Crippen molar-refractivity contribution in [3.63, 3.8) is 0 Å². The smallest absolute Gasteiger partial charge is 0.0701 e. The molecule has 3 heteroatoms. The Balaban J connectivity index is 0.000000115. The SMILES string of the molecule is ClCc1cccc2ccccc12.c1ccc2cnccc2c1.c1ccc2ncccc2c1. The Labute approximate surface area is 193 Å². The molecular weight excluding hydrogens is 412 g/mol. The Morgan fingerprint density at radius 1 is 0.531 bits per heavy atom. The third-order valence-electron chi connectivity index (χ3n) is 5.09. The average molecular weight is 435 g/mol. The van der Waals surface area contributed by atoms with Gasteiger partial charge in [-0.3, -0.25) is 9.97 Å². The number of aromatic nitrogens is 2. The van der Waals surface area contributed by atoms with Gasteiger partial charge < -0.3 is 0 Å². The summed E-state index contributed by atoms with van der Waals surface area (Å²) in [4.78, 5) is 8.19. The lowest BCUT2D eigenvalue weighted by molar-refractivity contribution is 1.36. The van der Waals surface area contributed by atoms with Crippen LogP contribution in [0.5, 0.6) is 0 Å². The first kappa shape index (κ1) is 21.5. The van der Waals surface area contributed by atoms with Gasteiger partial charge in [-0.2, -0.15) is 0 Å². The molecule has 0 radical (unpaired) electrons. The number of hydrogen-bond donors (Lipinski definition) is 0. The molecule has 32 heavy (non-hydrogen) atoms. The topological polar surface area (TPSA) is 25.8 Å². The van der Waals surface area contributed by atoms with E-state index >= 15 is 0 Å². The van der Waals surface area contributed by atoms with E-state index in [4.69, 9.17) is 11.6 Å². The highest BCUT2D eigenvalue weighted by atomic mass is 35.5. The molecule has 0 saturated carbocycles. The summed E-state index contributed by atoms with van der Waals surface area (Å²) in [6, 6.07) is 36.8. The van der Waals surface area contributed by atoms with Gasteiger partial charge >= 0.3 is 0 Å². The lowest BCUT2D eigenvalue weighted by Crippen LogP contribution is -1.79. The second-order valence-corrected chi connectivity index (χ2v) is 7.46. The van der Waals surface area contributed by atoms with Crippen molar-refractivity contribution in [1.29, 1.82) is 0 Å². The van der Waals surface area contributed by atoms with E-state index in [0.717, 1.165) is 5.52 Å². The van der Waals surface area contributed by atoms with Gasteiger partial charge in [0.1, 0.15) is 0 Å². The number of para-hydroxylation sites is 1. The highest BCUT2D eigenvalue weighted by Crippen LogP contribution is 2.19. The monoisotopic (exact) mass is 434 g/mol. The van der Waals surface area contributed by atoms with Crippen LogP contribution in [-0.4, -0.2) is 9.97 Å². The van der Waals surface area contributed by atoms with Crippen LogP contribution in [0.2, 0.25) is 0 Å². The van der Waals surface area contributed by atoms with E-state index in [-0.39, 0.29) is 0 Å². The molecule has 156 valence electrons. The Morgan fingerprint density at radius 3 is 1.97 bits per heavy atom. The standard InChI is InChI=1S/C11H9Cl.2C9H7N/c12-8-10-6-3-5-9-4-1-2-7-11(9)10;1-2-6-9-8(4-1)5-3-7-10-9;1-2-4-9-7-10-6-5-8(9)3-1/h1-7H,8H2;2*1-7H. The molecule has 0 saturated heterocycles. The number of halogens is 1. The molecule has 0 amide bonds. The minimum Gasteiger partial charge on any atom is -0.264 e. The summed E-state index contributed by atoms with van der Waals surface area (Å²) in [6.07, 6.45) is 5.49. The molecule has 0 spiro atoms. The van der Waals surface area contributed by atoms with Crippen LogP contribution in [0.15, 0.2) is 128 Å². The molecule has 0 bridgehead atoms. The minimum atomic E-state index is 0.585. The molecule has 4 aromatic carbocycles. The average Bonchev–Trinajstić information content (AvgIpc) is 2.89. The van der Waals surface area contributed by atoms with Crippen LogP contribution < -0.4 is 0 Å². The van der Waals surface area contributed by atoms with Crippen molar-refractivity contribution >= 4 is 44.0 Å². The van der Waals surface area contributed by atoms with Gasteiger partial charge in [0.05, 0.1) is 5.52 Å². The van der Waals surface area contributed by atoms with E-state index in [1.54, 1.807) is 0 Å². The van der Waals surface area contributed by atoms with Gasteiger partial charge in [-0.1, -0.05) is 91.0 Å². The first-order chi connectivity index (χ1) is 15.8. The molecule has 0 aliphatic carbocycles. The lowest BCUT2D eigenvalue weighted by atomic mass is 10.1. The van der Waals surface area contributed by atoms with Crippen LogP contribution in [0, 0.1) is 0 Å². The number of hydrogen-bond acceptors (Lipinski definition) is 2. The first-order valence-electron chi connectivity index (χ1n) is 10.5. The van der Waals surface area contributed by atoms with Gasteiger partial charge in [-0.15, -0.1) is 11.6 Å². The van der Waals surface area contributed by atoms with Crippen LogP contribution in [0.25, 0.3) is 32.4 Å². The second kappa shape index (κ2) is 11.0. The number of benzene rings is 4. The molecule has 0 atom stereocenters. The van der Waals surface area contributed by atoms with Gasteiger partial charge in [-0.25, -0.2) is 0 Å². The summed E-state index contributed by atoms with van der Waals surface area (Å²) in [7, 11) is 0. The maximum atomic E-state index is 5.81. The molecule has 0 N–H and O–H groups in total. The molecule has 6 aromatic rings. The number of fused-ring (bicyclic) bond motifs is 3. The molecule has 0 aliphatic rings. The predicted octanol–water partition coefficient (Wildman–Crippen LogP) is 8.05. The van der Waals surface area contributed by atoms with E-state index in [1.165, 1.54) is 32.5 Å². The highest BCUT2D eigenvalue weighted by molar-refractivity contribution is 6.18. The maximum Gasteiger partial charge on any atom is 0.0701 e. The Morgan fingerprint density at radius 2 is 1.19 bits per heavy atom. The molecule has 2 aromatic heterocycles. The fourth-order valence-corrected chi connectivity index (χ4v) is 3.69. The molecule has 6 rings (SSSR count). The molecule has 2 heterocycles. The summed E-state index contributed by atoms with van der Waals surface area (Å²) < 4.78 is 0. The number of alkyl halides is 1. The summed E-state index contributed by atoms with van der Waals surface area (Å²) >= 11 is 5.81. The Hall–Kier alpha value is -3.75. The van der Waals surface area contributed by atoms with Crippen LogP contribution in [0.1, 0.15) is 5.56 Å². The van der Waals surface area contributed by atoms with Crippen molar-refractivity contribution in [3.8, 4) is 0 Å². The largest absolute Gasteiger partial charge is 0.264 e. The van der Waals surface area contributed by atoms with Crippen molar-refractivity contribution in [3.05, 3.63) is 133 Å². The van der Waals surface area contributed by atoms with Crippen molar-refractivity contribution in [2.24, 2.45) is 0 Å². The molecular formula is C29H23ClN2. The number of pyridine rings is 2. The third kappa shape index (κ3) is 5.48. The molecule has 2 nitrogen and oxygen atoms in total. The van der Waals surface area contributed by atoms with Gasteiger partial charge in [0.2, 0.25) is 0 Å². The van der Waals surface area contributed by atoms with E-state index in [9.17, 15) is 0 Å². The lowest BCUT2D eigenvalue weighted by Gasteiger charge is -2.01. The van der Waals surface area contributed by atoms with Crippen molar-refractivity contribution < 1.29 is 0 Å². The first-order valence-corrected chi connectivity index (χ1v) is 11.0. The summed E-state index contributed by atoms with van der Waals surface area (Å²) in [5, 5.41) is 6.16. The summed E-state index contributed by atoms with van der Waals surface area (Å²) in [5.41, 5.74) is 2.26. The third-order valence-corrected chi connectivity index (χ3v) is 5.37. The maximum absolute atomic E-state index is 5.81. The van der Waals surface area contributed by atoms with Crippen molar-refractivity contribution in [2.45, 2.75) is 5.88 Å². The second-order valence-electron chi connectivity index (χ2n) is 7.19. The number of nitrogens with zero attached hydrogens (tertiary/aromatic N) is 2. The quantitative estimate of drug-likeness (QED) is 0.244. The zero-order valence-corrected chi connectivity index (χ0v) is 18.4. The van der Waals surface area contributed by atoms with Gasteiger partial charge in [0.15, 0.2) is 0 Å². The summed E-state index contributed by atoms with van der Waals surface area (Å²) in [5.74, 6) is 0.585. The summed E-state index contributed by atoms with van der Waals surface area (Å²) in [6.45, 7) is 0. The van der Waals surface area contributed by atoms with E-state index in [0.29, 0.717) is 5.88 Å². The molecule has 0 fully saturated rings. The van der Waals surface area contributed by atoms with Crippen LogP contribution in [0.3, 0.4) is 0 Å². The molecule has 0 aliphatic heterocycles. The number of rotatable bonds is 1. The van der Waals surface area contributed by atoms with Gasteiger partial charge in [0, 0.05) is 29.9 Å². The van der Waals surface area contributed by atoms with Gasteiger partial charge in [-0.05, 0) is 45.3 Å². The van der Waals surface area contributed by atoms with E-state index < -0.39 is 0 Å². The van der Waals surface area contributed by atoms with Crippen molar-refractivity contribution in [2.75, 3.05) is 0 Å². The Kier molecular flexibility index (Phi) is 7.41. The van der Waals surface area contributed by atoms with E-state index in [1.807, 2.05) is 79.3 Å². The van der Waals surface area contributed by atoms with Crippen molar-refractivity contribution in [1.82, 2.24) is 9.97 Å². The Bertz CT molecular complexity index is 1220. The normalized spacial score (nSPS) is 10.2. The van der Waals surface area contributed by atoms with Crippen LogP contribution >= 0.6 is 11.6 Å². The fourth-order valence-electron chi connectivity index (χ4n) is 3.45.